The summed E-state index contributed by atoms with van der Waals surface area (Å²) in [4.78, 5) is 25.7. The van der Waals surface area contributed by atoms with E-state index in [1.165, 1.54) is 4.90 Å². The highest BCUT2D eigenvalue weighted by atomic mass is 16.5. The van der Waals surface area contributed by atoms with E-state index in [1.54, 1.807) is 19.1 Å². The Labute approximate surface area is 118 Å². The van der Waals surface area contributed by atoms with E-state index in [1.807, 2.05) is 26.0 Å². The molecule has 1 aromatic carbocycles. The van der Waals surface area contributed by atoms with E-state index >= 15 is 0 Å². The molecule has 1 heterocycles. The zero-order chi connectivity index (χ0) is 14.7. The van der Waals surface area contributed by atoms with Gasteiger partial charge in [-0.25, -0.2) is 0 Å². The molecule has 0 fully saturated rings. The minimum atomic E-state index is -0.568. The van der Waals surface area contributed by atoms with E-state index in [-0.39, 0.29) is 24.4 Å². The predicted molar refractivity (Wildman–Crippen MR) is 76.8 cm³/mol. The minimum absolute atomic E-state index is 0.0217. The van der Waals surface area contributed by atoms with Gasteiger partial charge in [0.2, 0.25) is 5.91 Å². The van der Waals surface area contributed by atoms with Crippen LogP contribution in [0, 0.1) is 0 Å². The van der Waals surface area contributed by atoms with Crippen LogP contribution in [0.5, 0.6) is 5.75 Å². The standard InChI is InChI=1S/C15H20N2O3/c1-4-10(2)16-14(18)9-17-12-7-5-6-8-13(12)20-11(3)15(17)19/h5-8,10-11H,4,9H2,1-3H3,(H,16,18)/t10-,11+/m0/s1. The van der Waals surface area contributed by atoms with Gasteiger partial charge in [-0.3, -0.25) is 14.5 Å². The lowest BCUT2D eigenvalue weighted by molar-refractivity contribution is -0.128. The van der Waals surface area contributed by atoms with Crippen molar-refractivity contribution in [1.82, 2.24) is 5.32 Å². The van der Waals surface area contributed by atoms with Gasteiger partial charge < -0.3 is 10.1 Å². The van der Waals surface area contributed by atoms with Gasteiger partial charge in [0.25, 0.3) is 5.91 Å². The third kappa shape index (κ3) is 2.92. The van der Waals surface area contributed by atoms with Crippen molar-refractivity contribution in [1.29, 1.82) is 0 Å². The van der Waals surface area contributed by atoms with Crippen LogP contribution >= 0.6 is 0 Å². The molecule has 0 saturated carbocycles. The molecule has 1 N–H and O–H groups in total. The largest absolute Gasteiger partial charge is 0.479 e. The van der Waals surface area contributed by atoms with E-state index in [0.29, 0.717) is 11.4 Å². The molecule has 5 nitrogen and oxygen atoms in total. The number of ether oxygens (including phenoxy) is 1. The molecular weight excluding hydrogens is 256 g/mol. The fraction of sp³-hybridized carbons (Fsp3) is 0.467. The summed E-state index contributed by atoms with van der Waals surface area (Å²) in [5.74, 6) is 0.288. The number of nitrogens with one attached hydrogen (secondary N) is 1. The van der Waals surface area contributed by atoms with Crippen molar-refractivity contribution < 1.29 is 14.3 Å². The first-order valence-electron chi connectivity index (χ1n) is 6.89. The Kier molecular flexibility index (Phi) is 4.27. The summed E-state index contributed by atoms with van der Waals surface area (Å²) in [6, 6.07) is 7.36. The van der Waals surface area contributed by atoms with Crippen molar-refractivity contribution in [2.45, 2.75) is 39.3 Å². The molecule has 108 valence electrons. The second-order valence-electron chi connectivity index (χ2n) is 5.03. The zero-order valence-electron chi connectivity index (χ0n) is 12.1. The number of hydrogen-bond acceptors (Lipinski definition) is 3. The van der Waals surface area contributed by atoms with Crippen LogP contribution in [0.4, 0.5) is 5.69 Å². The molecule has 0 unspecified atom stereocenters. The van der Waals surface area contributed by atoms with Crippen LogP contribution in [0.3, 0.4) is 0 Å². The molecule has 1 aliphatic rings. The Morgan fingerprint density at radius 2 is 2.15 bits per heavy atom. The molecule has 2 atom stereocenters. The van der Waals surface area contributed by atoms with E-state index < -0.39 is 6.10 Å². The Morgan fingerprint density at radius 3 is 2.85 bits per heavy atom. The molecule has 1 aliphatic heterocycles. The summed E-state index contributed by atoms with van der Waals surface area (Å²) in [5.41, 5.74) is 0.648. The van der Waals surface area contributed by atoms with Crippen molar-refractivity contribution >= 4 is 17.5 Å². The maximum absolute atomic E-state index is 12.2. The molecule has 1 aromatic rings. The number of anilines is 1. The minimum Gasteiger partial charge on any atom is -0.479 e. The second-order valence-corrected chi connectivity index (χ2v) is 5.03. The van der Waals surface area contributed by atoms with Crippen molar-refractivity contribution in [3.8, 4) is 5.75 Å². The molecule has 0 aliphatic carbocycles. The summed E-state index contributed by atoms with van der Waals surface area (Å²) in [6.45, 7) is 5.66. The van der Waals surface area contributed by atoms with E-state index in [9.17, 15) is 9.59 Å². The fourth-order valence-corrected chi connectivity index (χ4v) is 2.09. The Morgan fingerprint density at radius 1 is 1.45 bits per heavy atom. The van der Waals surface area contributed by atoms with Crippen LogP contribution in [0.15, 0.2) is 24.3 Å². The average molecular weight is 276 g/mol. The third-order valence-electron chi connectivity index (χ3n) is 3.40. The topological polar surface area (TPSA) is 58.6 Å². The summed E-state index contributed by atoms with van der Waals surface area (Å²) in [6.07, 6.45) is 0.289. The Balaban J connectivity index is 2.17. The molecule has 2 rings (SSSR count). The highest BCUT2D eigenvalue weighted by Crippen LogP contribution is 2.33. The summed E-state index contributed by atoms with van der Waals surface area (Å²) < 4.78 is 5.54. The molecule has 0 bridgehead atoms. The number of nitrogens with zero attached hydrogens (tertiary/aromatic N) is 1. The van der Waals surface area contributed by atoms with Gasteiger partial charge in [-0.15, -0.1) is 0 Å². The van der Waals surface area contributed by atoms with Gasteiger partial charge in [-0.05, 0) is 32.4 Å². The van der Waals surface area contributed by atoms with Crippen LogP contribution in [-0.2, 0) is 9.59 Å². The molecule has 20 heavy (non-hydrogen) atoms. The summed E-state index contributed by atoms with van der Waals surface area (Å²) in [7, 11) is 0. The molecule has 0 spiro atoms. The normalized spacial score (nSPS) is 19.1. The maximum atomic E-state index is 12.2. The summed E-state index contributed by atoms with van der Waals surface area (Å²) >= 11 is 0. The van der Waals surface area contributed by atoms with Crippen LogP contribution in [0.1, 0.15) is 27.2 Å². The molecule has 2 amide bonds. The van der Waals surface area contributed by atoms with Crippen LogP contribution in [0.25, 0.3) is 0 Å². The average Bonchev–Trinajstić information content (AvgIpc) is 2.43. The molecule has 0 radical (unpaired) electrons. The molecule has 0 saturated heterocycles. The lowest BCUT2D eigenvalue weighted by atomic mass is 10.2. The highest BCUT2D eigenvalue weighted by molar-refractivity contribution is 6.03. The molecule has 0 aromatic heterocycles. The van der Waals surface area contributed by atoms with Gasteiger partial charge in [-0.2, -0.15) is 0 Å². The SMILES string of the molecule is CC[C@H](C)NC(=O)CN1C(=O)[C@@H](C)Oc2ccccc21. The number of amides is 2. The van der Waals surface area contributed by atoms with Gasteiger partial charge in [0.1, 0.15) is 12.3 Å². The molecular formula is C15H20N2O3. The zero-order valence-corrected chi connectivity index (χ0v) is 12.1. The van der Waals surface area contributed by atoms with Gasteiger partial charge >= 0.3 is 0 Å². The number of hydrogen-bond donors (Lipinski definition) is 1. The van der Waals surface area contributed by atoms with Gasteiger partial charge in [-0.1, -0.05) is 19.1 Å². The van der Waals surface area contributed by atoms with Crippen molar-refractivity contribution in [2.75, 3.05) is 11.4 Å². The van der Waals surface area contributed by atoms with Crippen molar-refractivity contribution in [3.05, 3.63) is 24.3 Å². The first kappa shape index (κ1) is 14.4. The number of para-hydroxylation sites is 2. The van der Waals surface area contributed by atoms with E-state index in [2.05, 4.69) is 5.32 Å². The lowest BCUT2D eigenvalue weighted by Crippen LogP contribution is -2.49. The first-order valence-corrected chi connectivity index (χ1v) is 6.89. The van der Waals surface area contributed by atoms with Crippen molar-refractivity contribution in [3.63, 3.8) is 0 Å². The lowest BCUT2D eigenvalue weighted by Gasteiger charge is -2.32. The quantitative estimate of drug-likeness (QED) is 0.911. The van der Waals surface area contributed by atoms with E-state index in [4.69, 9.17) is 4.74 Å². The fourth-order valence-electron chi connectivity index (χ4n) is 2.09. The van der Waals surface area contributed by atoms with Gasteiger partial charge in [0.05, 0.1) is 5.69 Å². The first-order chi connectivity index (χ1) is 9.52. The van der Waals surface area contributed by atoms with E-state index in [0.717, 1.165) is 6.42 Å². The van der Waals surface area contributed by atoms with Crippen LogP contribution in [-0.4, -0.2) is 30.5 Å². The van der Waals surface area contributed by atoms with Gasteiger partial charge in [0, 0.05) is 6.04 Å². The number of benzene rings is 1. The number of fused-ring (bicyclic) bond motifs is 1. The predicted octanol–water partition coefficient (Wildman–Crippen LogP) is 1.72. The van der Waals surface area contributed by atoms with Crippen LogP contribution < -0.4 is 15.0 Å². The number of carbonyl (C=O) groups excluding carboxylic acids is 2. The van der Waals surface area contributed by atoms with Crippen LogP contribution in [0.2, 0.25) is 0 Å². The smallest absolute Gasteiger partial charge is 0.268 e. The third-order valence-corrected chi connectivity index (χ3v) is 3.40. The summed E-state index contributed by atoms with van der Waals surface area (Å²) in [5, 5.41) is 2.87. The number of carbonyl (C=O) groups is 2. The highest BCUT2D eigenvalue weighted by Gasteiger charge is 2.32. The Hall–Kier alpha value is -2.04. The monoisotopic (exact) mass is 276 g/mol. The van der Waals surface area contributed by atoms with Gasteiger partial charge in [0.15, 0.2) is 6.10 Å². The number of rotatable bonds is 4. The maximum Gasteiger partial charge on any atom is 0.268 e. The van der Waals surface area contributed by atoms with Crippen molar-refractivity contribution in [2.24, 2.45) is 0 Å². The second kappa shape index (κ2) is 5.94. The molecule has 5 heteroatoms. The Bertz CT molecular complexity index is 516.